The molecule has 0 saturated carbocycles. The number of carboxylic acids is 1. The number of hydrogen-bond donors (Lipinski definition) is 2. The summed E-state index contributed by atoms with van der Waals surface area (Å²) in [7, 11) is 12.2. The van der Waals surface area contributed by atoms with Crippen molar-refractivity contribution in [3.8, 4) is 0 Å². The molecule has 6 unspecified atom stereocenters. The first-order valence-electron chi connectivity index (χ1n) is 14.2. The maximum absolute atomic E-state index is 13.7. The predicted octanol–water partition coefficient (Wildman–Crippen LogP) is 0.587. The molecule has 0 aliphatic carbocycles. The molecule has 0 aromatic rings. The molecule has 1 rings (SSSR count). The van der Waals surface area contributed by atoms with E-state index < -0.39 is 36.5 Å². The Bertz CT molecular complexity index is 902. The molecule has 2 N–H and O–H groups in total. The highest BCUT2D eigenvalue weighted by atomic mass is 16.5. The highest BCUT2D eigenvalue weighted by molar-refractivity contribution is 5.85. The molecule has 0 aromatic heterocycles. The molecule has 6 atom stereocenters. The Morgan fingerprint density at radius 1 is 1.05 bits per heavy atom. The fourth-order valence-corrected chi connectivity index (χ4v) is 5.58. The summed E-state index contributed by atoms with van der Waals surface area (Å²) in [6.45, 7) is 5.74. The minimum absolute atomic E-state index is 0.0366. The SMILES string of the molecule is CCC(C)C(C(CC(=O)N1CCCC1C(OC)C(C)C(=O)NCC(=O)O)OC)N(C)C(=O)CN=C(N(C)C)N(C)C. The molecule has 13 nitrogen and oxygen atoms in total. The van der Waals surface area contributed by atoms with Gasteiger partial charge in [-0.1, -0.05) is 27.2 Å². The number of carbonyl (C=O) groups excluding carboxylic acids is 3. The number of aliphatic imine (C=N–C) groups is 1. The lowest BCUT2D eigenvalue weighted by Crippen LogP contribution is -2.53. The van der Waals surface area contributed by atoms with Gasteiger partial charge in [-0.05, 0) is 18.8 Å². The van der Waals surface area contributed by atoms with Crippen LogP contribution in [0.15, 0.2) is 4.99 Å². The van der Waals surface area contributed by atoms with Gasteiger partial charge in [-0.3, -0.25) is 19.2 Å². The summed E-state index contributed by atoms with van der Waals surface area (Å²) in [4.78, 5) is 62.0. The number of methoxy groups -OCH3 is 2. The quantitative estimate of drug-likeness (QED) is 0.209. The summed E-state index contributed by atoms with van der Waals surface area (Å²) in [6, 6.07) is -0.708. The molecule has 236 valence electrons. The van der Waals surface area contributed by atoms with E-state index in [2.05, 4.69) is 10.3 Å². The van der Waals surface area contributed by atoms with Crippen LogP contribution in [0.2, 0.25) is 0 Å². The van der Waals surface area contributed by atoms with Gasteiger partial charge in [0.05, 0.1) is 36.6 Å². The van der Waals surface area contributed by atoms with Crippen molar-refractivity contribution in [2.75, 3.05) is 69.1 Å². The molecule has 0 bridgehead atoms. The van der Waals surface area contributed by atoms with E-state index in [0.717, 1.165) is 12.8 Å². The number of ether oxygens (including phenoxy) is 2. The van der Waals surface area contributed by atoms with Crippen LogP contribution in [-0.2, 0) is 28.7 Å². The van der Waals surface area contributed by atoms with Gasteiger partial charge in [0.1, 0.15) is 13.1 Å². The predicted molar refractivity (Wildman–Crippen MR) is 156 cm³/mol. The highest BCUT2D eigenvalue weighted by Gasteiger charge is 2.41. The van der Waals surface area contributed by atoms with Crippen molar-refractivity contribution in [3.63, 3.8) is 0 Å². The average Bonchev–Trinajstić information content (AvgIpc) is 3.40. The van der Waals surface area contributed by atoms with Gasteiger partial charge in [0, 0.05) is 56.0 Å². The van der Waals surface area contributed by atoms with Gasteiger partial charge >= 0.3 is 5.97 Å². The number of likely N-dealkylation sites (tertiary alicyclic amines) is 1. The zero-order valence-corrected chi connectivity index (χ0v) is 26.5. The number of rotatable bonds is 15. The number of amides is 3. The van der Waals surface area contributed by atoms with Crippen LogP contribution in [0.5, 0.6) is 0 Å². The van der Waals surface area contributed by atoms with Crippen LogP contribution in [0.1, 0.15) is 46.5 Å². The second-order valence-corrected chi connectivity index (χ2v) is 11.2. The van der Waals surface area contributed by atoms with E-state index in [-0.39, 0.29) is 42.8 Å². The van der Waals surface area contributed by atoms with Gasteiger partial charge in [0.15, 0.2) is 5.96 Å². The monoisotopic (exact) mass is 584 g/mol. The molecule has 0 spiro atoms. The first-order valence-corrected chi connectivity index (χ1v) is 14.2. The topological polar surface area (TPSA) is 144 Å². The Hall–Kier alpha value is -2.93. The van der Waals surface area contributed by atoms with Crippen molar-refractivity contribution < 1.29 is 33.8 Å². The van der Waals surface area contributed by atoms with E-state index in [0.29, 0.717) is 18.9 Å². The van der Waals surface area contributed by atoms with Crippen molar-refractivity contribution in [2.45, 2.75) is 70.7 Å². The van der Waals surface area contributed by atoms with E-state index >= 15 is 0 Å². The zero-order valence-electron chi connectivity index (χ0n) is 26.5. The van der Waals surface area contributed by atoms with Crippen LogP contribution in [0.3, 0.4) is 0 Å². The van der Waals surface area contributed by atoms with Gasteiger partial charge in [0.25, 0.3) is 0 Å². The smallest absolute Gasteiger partial charge is 0.322 e. The number of likely N-dealkylation sites (N-methyl/N-ethyl adjacent to an activating group) is 1. The minimum atomic E-state index is -1.13. The normalized spacial score (nSPS) is 18.5. The van der Waals surface area contributed by atoms with Crippen molar-refractivity contribution >= 4 is 29.7 Å². The third-order valence-electron chi connectivity index (χ3n) is 7.87. The van der Waals surface area contributed by atoms with Gasteiger partial charge in [-0.15, -0.1) is 0 Å². The Morgan fingerprint density at radius 2 is 1.66 bits per heavy atom. The Kier molecular flexibility index (Phi) is 15.1. The standard InChI is InChI=1S/C28H52N6O7/c1-11-18(2)25(33(8)23(36)16-30-28(31(4)5)32(6)7)21(40-9)15-22(35)34-14-12-13-20(34)26(41-10)19(3)27(39)29-17-24(37)38/h18-21,25-26H,11-17H2,1-10H3,(H,29,39)(H,37,38). The van der Waals surface area contributed by atoms with E-state index in [1.54, 1.807) is 30.9 Å². The molecule has 1 aliphatic rings. The molecule has 1 saturated heterocycles. The van der Waals surface area contributed by atoms with Crippen LogP contribution < -0.4 is 5.32 Å². The average molecular weight is 585 g/mol. The number of aliphatic carboxylic acids is 1. The molecule has 0 aromatic carbocycles. The van der Waals surface area contributed by atoms with Crippen LogP contribution in [0, 0.1) is 11.8 Å². The maximum atomic E-state index is 13.7. The van der Waals surface area contributed by atoms with Gasteiger partial charge < -0.3 is 39.5 Å². The van der Waals surface area contributed by atoms with Crippen LogP contribution in [0.25, 0.3) is 0 Å². The Morgan fingerprint density at radius 3 is 2.15 bits per heavy atom. The van der Waals surface area contributed by atoms with E-state index in [9.17, 15) is 19.2 Å². The molecular weight excluding hydrogens is 532 g/mol. The van der Waals surface area contributed by atoms with Crippen molar-refractivity contribution in [2.24, 2.45) is 16.8 Å². The summed E-state index contributed by atoms with van der Waals surface area (Å²) in [5, 5.41) is 11.3. The number of nitrogens with zero attached hydrogens (tertiary/aromatic N) is 5. The number of nitrogens with one attached hydrogen (secondary N) is 1. The van der Waals surface area contributed by atoms with Crippen LogP contribution in [-0.4, -0.2) is 148 Å². The van der Waals surface area contributed by atoms with Crippen molar-refractivity contribution in [1.29, 1.82) is 0 Å². The number of hydrogen-bond acceptors (Lipinski definition) is 7. The van der Waals surface area contributed by atoms with Gasteiger partial charge in [-0.25, -0.2) is 4.99 Å². The molecule has 13 heteroatoms. The second kappa shape index (κ2) is 17.1. The molecule has 1 aliphatic heterocycles. The molecule has 1 heterocycles. The van der Waals surface area contributed by atoms with Crippen molar-refractivity contribution in [3.05, 3.63) is 0 Å². The molecular formula is C28H52N6O7. The second-order valence-electron chi connectivity index (χ2n) is 11.2. The lowest BCUT2D eigenvalue weighted by molar-refractivity contribution is -0.145. The summed E-state index contributed by atoms with van der Waals surface area (Å²) < 4.78 is 11.5. The largest absolute Gasteiger partial charge is 0.480 e. The third-order valence-corrected chi connectivity index (χ3v) is 7.87. The zero-order chi connectivity index (χ0) is 31.4. The summed E-state index contributed by atoms with van der Waals surface area (Å²) in [5.74, 6) is -1.84. The van der Waals surface area contributed by atoms with Crippen LogP contribution >= 0.6 is 0 Å². The number of guanidine groups is 1. The van der Waals surface area contributed by atoms with Gasteiger partial charge in [0.2, 0.25) is 17.7 Å². The summed E-state index contributed by atoms with van der Waals surface area (Å²) >= 11 is 0. The summed E-state index contributed by atoms with van der Waals surface area (Å²) in [6.07, 6.45) is 1.08. The minimum Gasteiger partial charge on any atom is -0.480 e. The number of carbonyl (C=O) groups is 4. The van der Waals surface area contributed by atoms with E-state index in [1.165, 1.54) is 7.11 Å². The lowest BCUT2D eigenvalue weighted by Gasteiger charge is -2.39. The third kappa shape index (κ3) is 10.1. The molecule has 0 radical (unpaired) electrons. The summed E-state index contributed by atoms with van der Waals surface area (Å²) in [5.41, 5.74) is 0. The van der Waals surface area contributed by atoms with Crippen molar-refractivity contribution in [1.82, 2.24) is 24.9 Å². The highest BCUT2D eigenvalue weighted by Crippen LogP contribution is 2.29. The molecule has 41 heavy (non-hydrogen) atoms. The fourth-order valence-electron chi connectivity index (χ4n) is 5.58. The first kappa shape index (κ1) is 36.1. The van der Waals surface area contributed by atoms with Crippen LogP contribution in [0.4, 0.5) is 0 Å². The molecule has 1 fully saturated rings. The molecule has 3 amide bonds. The number of carboxylic acid groups (broad SMARTS) is 1. The van der Waals surface area contributed by atoms with E-state index in [4.69, 9.17) is 14.6 Å². The van der Waals surface area contributed by atoms with Gasteiger partial charge in [-0.2, -0.15) is 0 Å². The van der Waals surface area contributed by atoms with E-state index in [1.807, 2.05) is 51.8 Å². The maximum Gasteiger partial charge on any atom is 0.322 e. The fraction of sp³-hybridized carbons (Fsp3) is 0.821. The Balaban J connectivity index is 3.12. The lowest BCUT2D eigenvalue weighted by atomic mass is 9.90. The first-order chi connectivity index (χ1) is 19.2. The Labute approximate surface area is 245 Å².